The molecule has 1 saturated heterocycles. The summed E-state index contributed by atoms with van der Waals surface area (Å²) >= 11 is 2.19. The molecule has 2 aromatic carbocycles. The number of rotatable bonds is 4. The Morgan fingerprint density at radius 1 is 1.09 bits per heavy atom. The SMILES string of the molecule is O=C1CC(N=CCc2ccccc2)C(=O)N1c1ccc(I)cc1. The van der Waals surface area contributed by atoms with E-state index in [4.69, 9.17) is 0 Å². The smallest absolute Gasteiger partial charge is 0.259 e. The average Bonchev–Trinajstić information content (AvgIpc) is 2.84. The van der Waals surface area contributed by atoms with Gasteiger partial charge in [-0.05, 0) is 52.4 Å². The van der Waals surface area contributed by atoms with Gasteiger partial charge in [-0.3, -0.25) is 14.6 Å². The number of carbonyl (C=O) groups excluding carboxylic acids is 2. The van der Waals surface area contributed by atoms with E-state index in [0.29, 0.717) is 12.1 Å². The molecule has 0 aromatic heterocycles. The maximum absolute atomic E-state index is 12.4. The van der Waals surface area contributed by atoms with Gasteiger partial charge in [0.1, 0.15) is 6.04 Å². The number of amides is 2. The minimum atomic E-state index is -0.606. The monoisotopic (exact) mass is 418 g/mol. The van der Waals surface area contributed by atoms with E-state index in [1.54, 1.807) is 18.3 Å². The molecule has 1 heterocycles. The van der Waals surface area contributed by atoms with Gasteiger partial charge in [0.05, 0.1) is 12.1 Å². The molecule has 2 amide bonds. The number of aliphatic imine (C=N–C) groups is 1. The van der Waals surface area contributed by atoms with Crippen LogP contribution in [0.2, 0.25) is 0 Å². The van der Waals surface area contributed by atoms with E-state index in [0.717, 1.165) is 9.13 Å². The van der Waals surface area contributed by atoms with Crippen molar-refractivity contribution in [1.82, 2.24) is 0 Å². The van der Waals surface area contributed by atoms with Crippen LogP contribution < -0.4 is 4.90 Å². The minimum absolute atomic E-state index is 0.135. The van der Waals surface area contributed by atoms with E-state index < -0.39 is 6.04 Å². The van der Waals surface area contributed by atoms with Crippen molar-refractivity contribution in [3.8, 4) is 0 Å². The second-order valence-electron chi connectivity index (χ2n) is 5.29. The molecule has 1 aliphatic heterocycles. The molecule has 1 atom stereocenters. The molecular weight excluding hydrogens is 403 g/mol. The number of imide groups is 1. The largest absolute Gasteiger partial charge is 0.283 e. The Bertz CT molecular complexity index is 741. The van der Waals surface area contributed by atoms with Crippen molar-refractivity contribution in [3.05, 3.63) is 63.7 Å². The summed E-state index contributed by atoms with van der Waals surface area (Å²) in [4.78, 5) is 30.1. The van der Waals surface area contributed by atoms with Crippen molar-refractivity contribution < 1.29 is 9.59 Å². The van der Waals surface area contributed by atoms with Crippen molar-refractivity contribution in [2.75, 3.05) is 4.90 Å². The maximum Gasteiger partial charge on any atom is 0.259 e. The summed E-state index contributed by atoms with van der Waals surface area (Å²) in [7, 11) is 0. The molecule has 2 aromatic rings. The Hall–Kier alpha value is -2.02. The van der Waals surface area contributed by atoms with Crippen LogP contribution in [0.5, 0.6) is 0 Å². The van der Waals surface area contributed by atoms with Crippen molar-refractivity contribution in [2.45, 2.75) is 18.9 Å². The van der Waals surface area contributed by atoms with Crippen LogP contribution >= 0.6 is 22.6 Å². The van der Waals surface area contributed by atoms with Crippen molar-refractivity contribution in [2.24, 2.45) is 4.99 Å². The zero-order valence-corrected chi connectivity index (χ0v) is 14.5. The number of anilines is 1. The topological polar surface area (TPSA) is 49.7 Å². The van der Waals surface area contributed by atoms with E-state index in [1.165, 1.54) is 4.90 Å². The number of halogens is 1. The second kappa shape index (κ2) is 7.04. The van der Waals surface area contributed by atoms with Crippen LogP contribution in [0.4, 0.5) is 5.69 Å². The minimum Gasteiger partial charge on any atom is -0.283 e. The van der Waals surface area contributed by atoms with Crippen molar-refractivity contribution in [1.29, 1.82) is 0 Å². The number of carbonyl (C=O) groups is 2. The molecule has 0 aliphatic carbocycles. The average molecular weight is 418 g/mol. The molecule has 1 fully saturated rings. The van der Waals surface area contributed by atoms with Crippen molar-refractivity contribution >= 4 is 46.3 Å². The fourth-order valence-electron chi connectivity index (χ4n) is 2.49. The maximum atomic E-state index is 12.4. The van der Waals surface area contributed by atoms with E-state index in [1.807, 2.05) is 42.5 Å². The lowest BCUT2D eigenvalue weighted by Crippen LogP contribution is -2.31. The molecule has 0 radical (unpaired) electrons. The van der Waals surface area contributed by atoms with Crippen LogP contribution in [0, 0.1) is 3.57 Å². The zero-order valence-electron chi connectivity index (χ0n) is 12.4. The molecule has 3 rings (SSSR count). The molecule has 0 N–H and O–H groups in total. The molecule has 116 valence electrons. The summed E-state index contributed by atoms with van der Waals surface area (Å²) in [6, 6.07) is 16.6. The standard InChI is InChI=1S/C18H15IN2O2/c19-14-6-8-15(9-7-14)21-17(22)12-16(18(21)23)20-11-10-13-4-2-1-3-5-13/h1-9,11,16H,10,12H2. The molecule has 0 bridgehead atoms. The first-order valence-corrected chi connectivity index (χ1v) is 8.41. The fraction of sp³-hybridized carbons (Fsp3) is 0.167. The lowest BCUT2D eigenvalue weighted by Gasteiger charge is -2.13. The van der Waals surface area contributed by atoms with E-state index >= 15 is 0 Å². The van der Waals surface area contributed by atoms with Gasteiger partial charge in [0.2, 0.25) is 5.91 Å². The Kier molecular flexibility index (Phi) is 4.85. The van der Waals surface area contributed by atoms with Crippen LogP contribution in [0.3, 0.4) is 0 Å². The third-order valence-electron chi connectivity index (χ3n) is 3.66. The molecule has 4 nitrogen and oxygen atoms in total. The lowest BCUT2D eigenvalue weighted by molar-refractivity contribution is -0.121. The fourth-order valence-corrected chi connectivity index (χ4v) is 2.85. The summed E-state index contributed by atoms with van der Waals surface area (Å²) in [5.41, 5.74) is 1.74. The molecule has 23 heavy (non-hydrogen) atoms. The number of nitrogens with zero attached hydrogens (tertiary/aromatic N) is 2. The van der Waals surface area contributed by atoms with E-state index in [9.17, 15) is 9.59 Å². The first-order chi connectivity index (χ1) is 11.1. The van der Waals surface area contributed by atoms with Crippen LogP contribution in [0.25, 0.3) is 0 Å². The summed E-state index contributed by atoms with van der Waals surface area (Å²) in [5.74, 6) is -0.446. The summed E-state index contributed by atoms with van der Waals surface area (Å²) < 4.78 is 1.06. The Balaban J connectivity index is 1.70. The molecule has 0 saturated carbocycles. The molecular formula is C18H15IN2O2. The van der Waals surface area contributed by atoms with E-state index in [-0.39, 0.29) is 18.2 Å². The lowest BCUT2D eigenvalue weighted by atomic mass is 10.2. The predicted molar refractivity (Wildman–Crippen MR) is 98.7 cm³/mol. The molecule has 1 unspecified atom stereocenters. The van der Waals surface area contributed by atoms with Gasteiger partial charge in [-0.25, -0.2) is 4.90 Å². The second-order valence-corrected chi connectivity index (χ2v) is 6.53. The Morgan fingerprint density at radius 3 is 2.48 bits per heavy atom. The van der Waals surface area contributed by atoms with Gasteiger partial charge < -0.3 is 0 Å². The van der Waals surface area contributed by atoms with Crippen LogP contribution in [-0.2, 0) is 16.0 Å². The highest BCUT2D eigenvalue weighted by atomic mass is 127. The number of benzene rings is 2. The van der Waals surface area contributed by atoms with Gasteiger partial charge in [-0.1, -0.05) is 30.3 Å². The summed E-state index contributed by atoms with van der Waals surface area (Å²) in [6.07, 6.45) is 2.51. The molecule has 1 aliphatic rings. The van der Waals surface area contributed by atoms with Crippen LogP contribution in [0.1, 0.15) is 12.0 Å². The predicted octanol–water partition coefficient (Wildman–Crippen LogP) is 3.24. The Morgan fingerprint density at radius 2 is 1.78 bits per heavy atom. The highest BCUT2D eigenvalue weighted by Crippen LogP contribution is 2.25. The first-order valence-electron chi connectivity index (χ1n) is 7.33. The van der Waals surface area contributed by atoms with Gasteiger partial charge in [0, 0.05) is 16.2 Å². The number of hydrogen-bond acceptors (Lipinski definition) is 3. The quantitative estimate of drug-likeness (QED) is 0.435. The summed E-state index contributed by atoms with van der Waals surface area (Å²) in [6.45, 7) is 0. The first kappa shape index (κ1) is 15.9. The van der Waals surface area contributed by atoms with Gasteiger partial charge >= 0.3 is 0 Å². The third kappa shape index (κ3) is 3.67. The third-order valence-corrected chi connectivity index (χ3v) is 4.38. The zero-order chi connectivity index (χ0) is 16.2. The van der Waals surface area contributed by atoms with Gasteiger partial charge in [-0.15, -0.1) is 0 Å². The molecule has 0 spiro atoms. The normalized spacial score (nSPS) is 18.1. The Labute approximate surface area is 148 Å². The highest BCUT2D eigenvalue weighted by Gasteiger charge is 2.39. The number of hydrogen-bond donors (Lipinski definition) is 0. The van der Waals surface area contributed by atoms with Crippen LogP contribution in [0.15, 0.2) is 59.6 Å². The van der Waals surface area contributed by atoms with Gasteiger partial charge in [0.25, 0.3) is 5.91 Å². The van der Waals surface area contributed by atoms with Crippen molar-refractivity contribution in [3.63, 3.8) is 0 Å². The highest BCUT2D eigenvalue weighted by molar-refractivity contribution is 14.1. The van der Waals surface area contributed by atoms with Gasteiger partial charge in [0.15, 0.2) is 0 Å². The molecule has 5 heteroatoms. The van der Waals surface area contributed by atoms with Gasteiger partial charge in [-0.2, -0.15) is 0 Å². The summed E-state index contributed by atoms with van der Waals surface area (Å²) in [5, 5.41) is 0. The van der Waals surface area contributed by atoms with Crippen LogP contribution in [-0.4, -0.2) is 24.1 Å². The van der Waals surface area contributed by atoms with E-state index in [2.05, 4.69) is 27.6 Å².